The fourth-order valence-electron chi connectivity index (χ4n) is 1.46. The van der Waals surface area contributed by atoms with Crippen LogP contribution in [0.15, 0.2) is 5.38 Å². The topological polar surface area (TPSA) is 86.5 Å². The molecule has 0 aromatic carbocycles. The van der Waals surface area contributed by atoms with E-state index in [1.54, 1.807) is 5.38 Å². The molecule has 0 unspecified atom stereocenters. The Hall–Kier alpha value is -1.02. The van der Waals surface area contributed by atoms with Crippen LogP contribution in [0.1, 0.15) is 29.3 Å². The monoisotopic (exact) mass is 287 g/mol. The fourth-order valence-corrected chi connectivity index (χ4v) is 2.25. The molecule has 1 heterocycles. The molecule has 0 aliphatic heterocycles. The molecular formula is C12H21N3O3S. The van der Waals surface area contributed by atoms with E-state index in [2.05, 4.69) is 10.3 Å². The van der Waals surface area contributed by atoms with Crippen LogP contribution in [0, 0.1) is 0 Å². The molecular weight excluding hydrogens is 266 g/mol. The van der Waals surface area contributed by atoms with Gasteiger partial charge in [-0.1, -0.05) is 0 Å². The third-order valence-electron chi connectivity index (χ3n) is 2.28. The maximum atomic E-state index is 11.9. The molecule has 1 rings (SSSR count). The average molecular weight is 287 g/mol. The van der Waals surface area contributed by atoms with Crippen LogP contribution in [0.25, 0.3) is 0 Å². The lowest BCUT2D eigenvalue weighted by molar-refractivity contribution is -0.131. The van der Waals surface area contributed by atoms with E-state index in [1.807, 2.05) is 13.8 Å². The van der Waals surface area contributed by atoms with Crippen LogP contribution in [0.2, 0.25) is 0 Å². The maximum absolute atomic E-state index is 11.9. The van der Waals surface area contributed by atoms with Crippen molar-refractivity contribution in [2.24, 2.45) is 5.73 Å². The number of aromatic nitrogens is 1. The van der Waals surface area contributed by atoms with Crippen molar-refractivity contribution in [1.29, 1.82) is 0 Å². The molecule has 19 heavy (non-hydrogen) atoms. The molecule has 1 aromatic heterocycles. The van der Waals surface area contributed by atoms with Crippen molar-refractivity contribution >= 4 is 17.2 Å². The summed E-state index contributed by atoms with van der Waals surface area (Å²) >= 11 is 1.44. The van der Waals surface area contributed by atoms with Crippen molar-refractivity contribution in [2.45, 2.75) is 26.6 Å². The van der Waals surface area contributed by atoms with Gasteiger partial charge in [0.25, 0.3) is 5.91 Å². The van der Waals surface area contributed by atoms with Gasteiger partial charge in [-0.25, -0.2) is 4.98 Å². The quantitative estimate of drug-likeness (QED) is 0.655. The smallest absolute Gasteiger partial charge is 0.270 e. The highest BCUT2D eigenvalue weighted by Gasteiger charge is 2.13. The van der Waals surface area contributed by atoms with Crippen molar-refractivity contribution in [2.75, 3.05) is 26.3 Å². The number of nitrogens with zero attached hydrogens (tertiary/aromatic N) is 1. The molecule has 1 amide bonds. The minimum Gasteiger partial charge on any atom is -0.351 e. The first-order valence-electron chi connectivity index (χ1n) is 6.37. The fraction of sp³-hybridized carbons (Fsp3) is 0.667. The number of nitrogens with one attached hydrogen (secondary N) is 1. The van der Waals surface area contributed by atoms with E-state index in [4.69, 9.17) is 15.2 Å². The number of hydrogen-bond donors (Lipinski definition) is 2. The predicted octanol–water partition coefficient (Wildman–Crippen LogP) is 0.773. The molecule has 0 fully saturated rings. The first-order chi connectivity index (χ1) is 9.21. The first-order valence-corrected chi connectivity index (χ1v) is 7.25. The second kappa shape index (κ2) is 8.98. The summed E-state index contributed by atoms with van der Waals surface area (Å²) in [5, 5.41) is 5.35. The average Bonchev–Trinajstić information content (AvgIpc) is 2.85. The minimum absolute atomic E-state index is 0.219. The number of nitrogens with two attached hydrogens (primary N) is 1. The van der Waals surface area contributed by atoms with Crippen molar-refractivity contribution in [3.05, 3.63) is 16.1 Å². The van der Waals surface area contributed by atoms with Gasteiger partial charge in [0.15, 0.2) is 6.29 Å². The van der Waals surface area contributed by atoms with Crippen LogP contribution in [0.3, 0.4) is 0 Å². The molecule has 7 heteroatoms. The van der Waals surface area contributed by atoms with Gasteiger partial charge in [0.1, 0.15) is 5.69 Å². The lowest BCUT2D eigenvalue weighted by Gasteiger charge is -2.16. The molecule has 108 valence electrons. The number of rotatable bonds is 9. The Bertz CT molecular complexity index is 378. The predicted molar refractivity (Wildman–Crippen MR) is 74.2 cm³/mol. The van der Waals surface area contributed by atoms with Crippen LogP contribution in [-0.4, -0.2) is 43.5 Å². The molecule has 0 bridgehead atoms. The van der Waals surface area contributed by atoms with E-state index < -0.39 is 6.29 Å². The molecule has 0 saturated carbocycles. The zero-order valence-corrected chi connectivity index (χ0v) is 12.2. The highest BCUT2D eigenvalue weighted by molar-refractivity contribution is 7.09. The first kappa shape index (κ1) is 16.0. The molecule has 0 saturated heterocycles. The zero-order valence-electron chi connectivity index (χ0n) is 11.3. The molecule has 6 nitrogen and oxygen atoms in total. The molecule has 0 aliphatic carbocycles. The molecule has 0 radical (unpaired) electrons. The summed E-state index contributed by atoms with van der Waals surface area (Å²) in [5.41, 5.74) is 5.86. The van der Waals surface area contributed by atoms with E-state index in [0.717, 1.165) is 5.01 Å². The van der Waals surface area contributed by atoms with Gasteiger partial charge in [0.2, 0.25) is 0 Å². The number of thiazole rings is 1. The van der Waals surface area contributed by atoms with Gasteiger partial charge in [-0.15, -0.1) is 11.3 Å². The van der Waals surface area contributed by atoms with Crippen LogP contribution in [0.4, 0.5) is 0 Å². The van der Waals surface area contributed by atoms with Gasteiger partial charge < -0.3 is 20.5 Å². The summed E-state index contributed by atoms with van der Waals surface area (Å²) in [6, 6.07) is 0. The summed E-state index contributed by atoms with van der Waals surface area (Å²) < 4.78 is 10.7. The van der Waals surface area contributed by atoms with E-state index >= 15 is 0 Å². The Kier molecular flexibility index (Phi) is 7.57. The Morgan fingerprint density at radius 2 is 2.16 bits per heavy atom. The second-order valence-corrected chi connectivity index (χ2v) is 4.66. The number of carbonyl (C=O) groups excluding carboxylic acids is 1. The van der Waals surface area contributed by atoms with Crippen molar-refractivity contribution in [3.63, 3.8) is 0 Å². The highest BCUT2D eigenvalue weighted by atomic mass is 32.1. The van der Waals surface area contributed by atoms with E-state index in [9.17, 15) is 4.79 Å². The SMILES string of the molecule is CCOC(CNC(=O)c1csc(CCN)n1)OCC. The van der Waals surface area contributed by atoms with Crippen LogP contribution < -0.4 is 11.1 Å². The Morgan fingerprint density at radius 1 is 1.47 bits per heavy atom. The van der Waals surface area contributed by atoms with Crippen molar-refractivity contribution in [1.82, 2.24) is 10.3 Å². The van der Waals surface area contributed by atoms with Gasteiger partial charge >= 0.3 is 0 Å². The summed E-state index contributed by atoms with van der Waals surface area (Å²) in [4.78, 5) is 16.1. The third-order valence-corrected chi connectivity index (χ3v) is 3.19. The Labute approximate surface area is 117 Å². The van der Waals surface area contributed by atoms with Gasteiger partial charge in [-0.3, -0.25) is 4.79 Å². The lowest BCUT2D eigenvalue weighted by atomic mass is 10.4. The second-order valence-electron chi connectivity index (χ2n) is 3.72. The van der Waals surface area contributed by atoms with E-state index in [-0.39, 0.29) is 5.91 Å². The van der Waals surface area contributed by atoms with E-state index in [1.165, 1.54) is 11.3 Å². The third kappa shape index (κ3) is 5.65. The maximum Gasteiger partial charge on any atom is 0.270 e. The molecule has 1 aromatic rings. The normalized spacial score (nSPS) is 10.9. The molecule has 0 atom stereocenters. The highest BCUT2D eigenvalue weighted by Crippen LogP contribution is 2.09. The minimum atomic E-state index is -0.416. The standard InChI is InChI=1S/C12H21N3O3S/c1-3-17-11(18-4-2)7-14-12(16)9-8-19-10(15-9)5-6-13/h8,11H,3-7,13H2,1-2H3,(H,14,16). The molecule has 0 spiro atoms. The summed E-state index contributed by atoms with van der Waals surface area (Å²) in [6.07, 6.45) is 0.277. The Morgan fingerprint density at radius 3 is 2.74 bits per heavy atom. The number of carbonyl (C=O) groups is 1. The summed E-state index contributed by atoms with van der Waals surface area (Å²) in [7, 11) is 0. The largest absolute Gasteiger partial charge is 0.351 e. The van der Waals surface area contributed by atoms with Crippen LogP contribution >= 0.6 is 11.3 Å². The van der Waals surface area contributed by atoms with Gasteiger partial charge in [-0.2, -0.15) is 0 Å². The summed E-state index contributed by atoms with van der Waals surface area (Å²) in [6.45, 7) is 5.69. The van der Waals surface area contributed by atoms with Crippen molar-refractivity contribution < 1.29 is 14.3 Å². The van der Waals surface area contributed by atoms with Crippen molar-refractivity contribution in [3.8, 4) is 0 Å². The number of hydrogen-bond acceptors (Lipinski definition) is 6. The Balaban J connectivity index is 2.44. The van der Waals surface area contributed by atoms with Crippen LogP contribution in [0.5, 0.6) is 0 Å². The van der Waals surface area contributed by atoms with E-state index in [0.29, 0.717) is 38.4 Å². The van der Waals surface area contributed by atoms with Crippen LogP contribution in [-0.2, 0) is 15.9 Å². The molecule has 0 aliphatic rings. The summed E-state index contributed by atoms with van der Waals surface area (Å²) in [5.74, 6) is -0.219. The number of ether oxygens (including phenoxy) is 2. The zero-order chi connectivity index (χ0) is 14.1. The molecule has 3 N–H and O–H groups in total. The number of amides is 1. The van der Waals surface area contributed by atoms with Gasteiger partial charge in [0, 0.05) is 25.0 Å². The van der Waals surface area contributed by atoms with Gasteiger partial charge in [0.05, 0.1) is 11.6 Å². The van der Waals surface area contributed by atoms with Gasteiger partial charge in [-0.05, 0) is 20.4 Å². The lowest BCUT2D eigenvalue weighted by Crippen LogP contribution is -2.35.